The molecule has 0 aliphatic carbocycles. The number of aromatic amines is 1. The second-order valence-corrected chi connectivity index (χ2v) is 4.86. The highest BCUT2D eigenvalue weighted by molar-refractivity contribution is 9.10. The van der Waals surface area contributed by atoms with Gasteiger partial charge in [-0.15, -0.1) is 0 Å². The highest BCUT2D eigenvalue weighted by Gasteiger charge is 2.06. The number of hydrogen-bond donors (Lipinski definition) is 1. The third-order valence-corrected chi connectivity index (χ3v) is 3.62. The van der Waals surface area contributed by atoms with Crippen molar-refractivity contribution in [2.24, 2.45) is 0 Å². The predicted octanol–water partition coefficient (Wildman–Crippen LogP) is 4.19. The molecule has 0 fully saturated rings. The summed E-state index contributed by atoms with van der Waals surface area (Å²) in [6, 6.07) is 7.95. The van der Waals surface area contributed by atoms with Crippen LogP contribution in [-0.2, 0) is 0 Å². The Morgan fingerprint density at radius 2 is 1.94 bits per heavy atom. The summed E-state index contributed by atoms with van der Waals surface area (Å²) < 4.78 is 1.67. The van der Waals surface area contributed by atoms with Gasteiger partial charge in [-0.1, -0.05) is 46.3 Å². The maximum absolute atomic E-state index is 5.23. The fraction of sp³-hybridized carbons (Fsp3) is 0.167. The summed E-state index contributed by atoms with van der Waals surface area (Å²) in [5.74, 6) is 0.806. The van der Waals surface area contributed by atoms with E-state index in [1.54, 1.807) is 0 Å². The predicted molar refractivity (Wildman–Crippen MR) is 72.0 cm³/mol. The third kappa shape index (κ3) is 2.08. The average Bonchev–Trinajstić information content (AvgIpc) is 2.26. The van der Waals surface area contributed by atoms with Gasteiger partial charge in [-0.3, -0.25) is 0 Å². The van der Waals surface area contributed by atoms with Crippen LogP contribution in [0.3, 0.4) is 0 Å². The molecule has 0 saturated carbocycles. The molecule has 0 aliphatic rings. The molecule has 4 heteroatoms. The van der Waals surface area contributed by atoms with Crippen LogP contribution in [0.4, 0.5) is 0 Å². The maximum Gasteiger partial charge on any atom is 0.140 e. The Kier molecular flexibility index (Phi) is 3.21. The highest BCUT2D eigenvalue weighted by Crippen LogP contribution is 2.25. The van der Waals surface area contributed by atoms with E-state index in [0.29, 0.717) is 4.64 Å². The molecule has 0 saturated heterocycles. The van der Waals surface area contributed by atoms with E-state index in [0.717, 1.165) is 27.1 Å². The van der Waals surface area contributed by atoms with E-state index < -0.39 is 0 Å². The lowest BCUT2D eigenvalue weighted by Gasteiger charge is -2.07. The van der Waals surface area contributed by atoms with Gasteiger partial charge in [0.1, 0.15) is 10.5 Å². The lowest BCUT2D eigenvalue weighted by Crippen LogP contribution is -1.96. The second-order valence-electron chi connectivity index (χ2n) is 3.62. The number of hydrogen-bond acceptors (Lipinski definition) is 2. The number of H-pyrrole nitrogens is 1. The van der Waals surface area contributed by atoms with Crippen LogP contribution in [-0.4, -0.2) is 9.97 Å². The van der Waals surface area contributed by atoms with Gasteiger partial charge >= 0.3 is 0 Å². The zero-order valence-corrected chi connectivity index (χ0v) is 11.4. The number of nitrogens with one attached hydrogen (secondary N) is 1. The highest BCUT2D eigenvalue weighted by atomic mass is 79.9. The zero-order valence-electron chi connectivity index (χ0n) is 9.04. The molecular formula is C12H11BrN2S. The van der Waals surface area contributed by atoms with Gasteiger partial charge in [0, 0.05) is 21.3 Å². The molecular weight excluding hydrogens is 284 g/mol. The molecule has 1 aromatic carbocycles. The maximum atomic E-state index is 5.23. The van der Waals surface area contributed by atoms with Gasteiger partial charge in [0.25, 0.3) is 0 Å². The fourth-order valence-corrected chi connectivity index (χ4v) is 2.14. The van der Waals surface area contributed by atoms with Crippen LogP contribution in [0.15, 0.2) is 28.7 Å². The van der Waals surface area contributed by atoms with Crippen LogP contribution in [0.2, 0.25) is 0 Å². The standard InChI is InChI=1S/C12H11BrN2S/c1-7-8(2)14-11(15-12(7)16)9-5-3-4-6-10(9)13/h3-6H,1-2H3,(H,14,15,16). The van der Waals surface area contributed by atoms with Crippen molar-refractivity contribution in [3.8, 4) is 11.4 Å². The Morgan fingerprint density at radius 3 is 2.56 bits per heavy atom. The van der Waals surface area contributed by atoms with E-state index in [1.165, 1.54) is 0 Å². The molecule has 1 aromatic heterocycles. The van der Waals surface area contributed by atoms with Gasteiger partial charge in [0.2, 0.25) is 0 Å². The van der Waals surface area contributed by atoms with Crippen LogP contribution in [0.25, 0.3) is 11.4 Å². The quantitative estimate of drug-likeness (QED) is 0.799. The molecule has 2 rings (SSSR count). The van der Waals surface area contributed by atoms with Gasteiger partial charge in [-0.05, 0) is 19.9 Å². The molecule has 82 valence electrons. The Morgan fingerprint density at radius 1 is 1.25 bits per heavy atom. The van der Waals surface area contributed by atoms with Crippen molar-refractivity contribution >= 4 is 28.1 Å². The molecule has 16 heavy (non-hydrogen) atoms. The molecule has 2 nitrogen and oxygen atoms in total. The summed E-state index contributed by atoms with van der Waals surface area (Å²) in [7, 11) is 0. The Bertz CT molecular complexity index is 590. The van der Waals surface area contributed by atoms with E-state index in [4.69, 9.17) is 12.2 Å². The van der Waals surface area contributed by atoms with Crippen LogP contribution in [0, 0.1) is 18.5 Å². The van der Waals surface area contributed by atoms with Crippen LogP contribution < -0.4 is 0 Å². The van der Waals surface area contributed by atoms with Gasteiger partial charge in [0.05, 0.1) is 0 Å². The van der Waals surface area contributed by atoms with Gasteiger partial charge in [-0.25, -0.2) is 4.98 Å². The summed E-state index contributed by atoms with van der Waals surface area (Å²) in [5.41, 5.74) is 3.12. The van der Waals surface area contributed by atoms with E-state index in [9.17, 15) is 0 Å². The van der Waals surface area contributed by atoms with Crippen molar-refractivity contribution in [2.75, 3.05) is 0 Å². The first-order valence-electron chi connectivity index (χ1n) is 4.92. The molecule has 0 bridgehead atoms. The number of aryl methyl sites for hydroxylation is 1. The Balaban J connectivity index is 2.67. The van der Waals surface area contributed by atoms with Crippen LogP contribution >= 0.6 is 28.1 Å². The number of halogens is 1. The minimum Gasteiger partial charge on any atom is -0.343 e. The summed E-state index contributed by atoms with van der Waals surface area (Å²) >= 11 is 8.73. The third-order valence-electron chi connectivity index (χ3n) is 2.53. The second kappa shape index (κ2) is 4.47. The largest absolute Gasteiger partial charge is 0.343 e. The SMILES string of the molecule is Cc1[nH]c(-c2ccccc2Br)nc(=S)c1C. The average molecular weight is 295 g/mol. The van der Waals surface area contributed by atoms with Gasteiger partial charge < -0.3 is 4.98 Å². The first-order valence-corrected chi connectivity index (χ1v) is 6.12. The first kappa shape index (κ1) is 11.5. The molecule has 0 radical (unpaired) electrons. The molecule has 1 heterocycles. The lowest BCUT2D eigenvalue weighted by atomic mass is 10.2. The normalized spacial score (nSPS) is 10.4. The number of nitrogens with zero attached hydrogens (tertiary/aromatic N) is 1. The molecule has 0 spiro atoms. The van der Waals surface area contributed by atoms with Gasteiger partial charge in [0.15, 0.2) is 0 Å². The van der Waals surface area contributed by atoms with Crippen molar-refractivity contribution in [3.63, 3.8) is 0 Å². The number of benzene rings is 1. The minimum absolute atomic E-state index is 0.655. The van der Waals surface area contributed by atoms with E-state index in [1.807, 2.05) is 38.1 Å². The molecule has 1 N–H and O–H groups in total. The Hall–Kier alpha value is -1.00. The molecule has 0 amide bonds. The summed E-state index contributed by atoms with van der Waals surface area (Å²) in [6.07, 6.45) is 0. The van der Waals surface area contributed by atoms with Crippen molar-refractivity contribution < 1.29 is 0 Å². The molecule has 0 aliphatic heterocycles. The lowest BCUT2D eigenvalue weighted by molar-refractivity contribution is 1.06. The fourth-order valence-electron chi connectivity index (χ4n) is 1.43. The molecule has 0 unspecified atom stereocenters. The summed E-state index contributed by atoms with van der Waals surface area (Å²) in [4.78, 5) is 7.66. The van der Waals surface area contributed by atoms with Crippen molar-refractivity contribution in [1.82, 2.24) is 9.97 Å². The van der Waals surface area contributed by atoms with Crippen LogP contribution in [0.5, 0.6) is 0 Å². The minimum atomic E-state index is 0.655. The number of aromatic nitrogens is 2. The monoisotopic (exact) mass is 294 g/mol. The summed E-state index contributed by atoms with van der Waals surface area (Å²) in [5, 5.41) is 0. The summed E-state index contributed by atoms with van der Waals surface area (Å²) in [6.45, 7) is 3.98. The van der Waals surface area contributed by atoms with Gasteiger partial charge in [-0.2, -0.15) is 0 Å². The smallest absolute Gasteiger partial charge is 0.140 e. The molecule has 2 aromatic rings. The van der Waals surface area contributed by atoms with Crippen molar-refractivity contribution in [2.45, 2.75) is 13.8 Å². The zero-order chi connectivity index (χ0) is 11.7. The first-order chi connectivity index (χ1) is 7.59. The topological polar surface area (TPSA) is 28.7 Å². The van der Waals surface area contributed by atoms with E-state index >= 15 is 0 Å². The molecule has 0 atom stereocenters. The number of rotatable bonds is 1. The van der Waals surface area contributed by atoms with Crippen molar-refractivity contribution in [1.29, 1.82) is 0 Å². The van der Waals surface area contributed by atoms with Crippen LogP contribution in [0.1, 0.15) is 11.3 Å². The Labute approximate surface area is 108 Å². The van der Waals surface area contributed by atoms with E-state index in [2.05, 4.69) is 25.9 Å². The van der Waals surface area contributed by atoms with E-state index in [-0.39, 0.29) is 0 Å². The van der Waals surface area contributed by atoms with Crippen molar-refractivity contribution in [3.05, 3.63) is 44.6 Å².